The van der Waals surface area contributed by atoms with Crippen LogP contribution in [0.5, 0.6) is 0 Å². The van der Waals surface area contributed by atoms with Crippen LogP contribution in [-0.2, 0) is 9.59 Å². The van der Waals surface area contributed by atoms with Crippen molar-refractivity contribution < 1.29 is 14.4 Å². The quantitative estimate of drug-likeness (QED) is 0.841. The van der Waals surface area contributed by atoms with Crippen molar-refractivity contribution in [3.05, 3.63) is 35.9 Å². The van der Waals surface area contributed by atoms with E-state index < -0.39 is 0 Å². The molecule has 2 fully saturated rings. The summed E-state index contributed by atoms with van der Waals surface area (Å²) in [5.41, 5.74) is 1.05. The molecule has 0 aromatic heterocycles. The maximum absolute atomic E-state index is 12.9. The number of hydrogen-bond acceptors (Lipinski definition) is 4. The lowest BCUT2D eigenvalue weighted by atomic mass is 9.93. The molecule has 5 nitrogen and oxygen atoms in total. The minimum Gasteiger partial charge on any atom is -0.342 e. The monoisotopic (exact) mass is 346 g/mol. The smallest absolute Gasteiger partial charge is 0.289 e. The van der Waals surface area contributed by atoms with Gasteiger partial charge in [0.25, 0.3) is 5.24 Å². The Bertz CT molecular complexity index is 610. The number of benzene rings is 1. The third-order valence-corrected chi connectivity index (χ3v) is 5.67. The van der Waals surface area contributed by atoms with Gasteiger partial charge in [0.2, 0.25) is 11.8 Å². The van der Waals surface area contributed by atoms with Gasteiger partial charge in [-0.3, -0.25) is 19.3 Å². The van der Waals surface area contributed by atoms with Gasteiger partial charge in [-0.05, 0) is 24.8 Å². The molecule has 128 valence electrons. The molecule has 6 heteroatoms. The predicted octanol–water partition coefficient (Wildman–Crippen LogP) is 2.87. The molecular weight excluding hydrogens is 324 g/mol. The van der Waals surface area contributed by atoms with Crippen LogP contribution in [0, 0.1) is 0 Å². The first-order valence-corrected chi connectivity index (χ1v) is 9.43. The number of amides is 3. The van der Waals surface area contributed by atoms with E-state index in [1.54, 1.807) is 0 Å². The van der Waals surface area contributed by atoms with Gasteiger partial charge in [0.15, 0.2) is 0 Å². The van der Waals surface area contributed by atoms with Crippen molar-refractivity contribution in [2.24, 2.45) is 0 Å². The number of hydrogen-bond donors (Lipinski definition) is 0. The summed E-state index contributed by atoms with van der Waals surface area (Å²) in [6.45, 7) is 3.24. The molecule has 0 aliphatic carbocycles. The number of rotatable bonds is 4. The van der Waals surface area contributed by atoms with Gasteiger partial charge in [0.05, 0.1) is 11.7 Å². The van der Waals surface area contributed by atoms with Crippen molar-refractivity contribution in [3.8, 4) is 0 Å². The van der Waals surface area contributed by atoms with Gasteiger partial charge < -0.3 is 4.90 Å². The highest BCUT2D eigenvalue weighted by molar-refractivity contribution is 8.14. The zero-order valence-corrected chi connectivity index (χ0v) is 14.6. The fourth-order valence-corrected chi connectivity index (χ4v) is 4.30. The highest BCUT2D eigenvalue weighted by Crippen LogP contribution is 2.29. The van der Waals surface area contributed by atoms with Crippen LogP contribution in [0.2, 0.25) is 0 Å². The van der Waals surface area contributed by atoms with Crippen molar-refractivity contribution in [1.29, 1.82) is 0 Å². The molecule has 1 aromatic carbocycles. The van der Waals surface area contributed by atoms with Crippen LogP contribution in [0.15, 0.2) is 30.3 Å². The molecule has 0 spiro atoms. The molecule has 3 rings (SSSR count). The van der Waals surface area contributed by atoms with Gasteiger partial charge in [0.1, 0.15) is 0 Å². The Morgan fingerprint density at radius 3 is 2.42 bits per heavy atom. The first kappa shape index (κ1) is 17.0. The van der Waals surface area contributed by atoms with E-state index in [2.05, 4.69) is 0 Å². The lowest BCUT2D eigenvalue weighted by Gasteiger charge is -2.37. The van der Waals surface area contributed by atoms with E-state index in [1.165, 1.54) is 4.90 Å². The molecular formula is C18H22N2O3S. The number of likely N-dealkylation sites (tertiary alicyclic amines) is 1. The van der Waals surface area contributed by atoms with E-state index >= 15 is 0 Å². The zero-order chi connectivity index (χ0) is 17.1. The van der Waals surface area contributed by atoms with Crippen molar-refractivity contribution in [3.63, 3.8) is 0 Å². The zero-order valence-electron chi connectivity index (χ0n) is 13.8. The summed E-state index contributed by atoms with van der Waals surface area (Å²) in [5.74, 6) is 0.193. The average molecular weight is 346 g/mol. The predicted molar refractivity (Wildman–Crippen MR) is 93.8 cm³/mol. The fourth-order valence-electron chi connectivity index (χ4n) is 3.52. The third-order valence-electron chi connectivity index (χ3n) is 4.83. The Labute approximate surface area is 146 Å². The lowest BCUT2D eigenvalue weighted by molar-refractivity contribution is -0.135. The van der Waals surface area contributed by atoms with Crippen LogP contribution in [0.25, 0.3) is 0 Å². The summed E-state index contributed by atoms with van der Waals surface area (Å²) >= 11 is 1.08. The average Bonchev–Trinajstić information content (AvgIpc) is 2.95. The maximum Gasteiger partial charge on any atom is 0.289 e. The molecule has 2 saturated heterocycles. The van der Waals surface area contributed by atoms with E-state index in [0.29, 0.717) is 25.9 Å². The Kier molecular flexibility index (Phi) is 5.23. The van der Waals surface area contributed by atoms with Crippen molar-refractivity contribution in [2.75, 3.05) is 18.8 Å². The summed E-state index contributed by atoms with van der Waals surface area (Å²) in [4.78, 5) is 39.8. The van der Waals surface area contributed by atoms with E-state index in [0.717, 1.165) is 23.7 Å². The summed E-state index contributed by atoms with van der Waals surface area (Å²) in [5, 5.41) is -0.138. The maximum atomic E-state index is 12.9. The van der Waals surface area contributed by atoms with E-state index in [9.17, 15) is 14.4 Å². The summed E-state index contributed by atoms with van der Waals surface area (Å²) in [6, 6.07) is 9.81. The summed E-state index contributed by atoms with van der Waals surface area (Å²) < 4.78 is 0. The summed E-state index contributed by atoms with van der Waals surface area (Å²) in [7, 11) is 0. The second kappa shape index (κ2) is 7.38. The number of carbonyl (C=O) groups is 3. The van der Waals surface area contributed by atoms with Crippen LogP contribution < -0.4 is 0 Å². The van der Waals surface area contributed by atoms with Crippen molar-refractivity contribution in [2.45, 2.75) is 38.1 Å². The molecule has 3 amide bonds. The van der Waals surface area contributed by atoms with Crippen LogP contribution in [0.3, 0.4) is 0 Å². The fraction of sp³-hybridized carbons (Fsp3) is 0.500. The Hall–Kier alpha value is -1.82. The molecule has 0 saturated carbocycles. The van der Waals surface area contributed by atoms with Crippen LogP contribution in [0.1, 0.15) is 37.7 Å². The molecule has 0 unspecified atom stereocenters. The lowest BCUT2D eigenvalue weighted by Crippen LogP contribution is -2.49. The van der Waals surface area contributed by atoms with Gasteiger partial charge >= 0.3 is 0 Å². The van der Waals surface area contributed by atoms with Crippen LogP contribution in [-0.4, -0.2) is 51.7 Å². The number of piperidine rings is 1. The van der Waals surface area contributed by atoms with Crippen molar-refractivity contribution >= 4 is 28.8 Å². The highest BCUT2D eigenvalue weighted by atomic mass is 32.2. The standard InChI is InChI=1S/C18H22N2O3S/c1-2-15(13-6-4-3-5-7-13)17(22)19-10-8-14(9-11-19)20-16(21)12-24-18(20)23/h3-7,14-15H,2,8-12H2,1H3/t15-/m0/s1. The minimum atomic E-state index is -0.138. The SMILES string of the molecule is CC[C@H](C(=O)N1CCC(N2C(=O)CSC2=O)CC1)c1ccccc1. The topological polar surface area (TPSA) is 57.7 Å². The molecule has 0 radical (unpaired) electrons. The molecule has 1 atom stereocenters. The molecule has 0 bridgehead atoms. The summed E-state index contributed by atoms with van der Waals surface area (Å²) in [6.07, 6.45) is 2.12. The van der Waals surface area contributed by atoms with Gasteiger partial charge in [0, 0.05) is 19.1 Å². The number of imide groups is 1. The largest absolute Gasteiger partial charge is 0.342 e. The molecule has 1 aromatic rings. The first-order valence-electron chi connectivity index (χ1n) is 8.44. The number of nitrogens with zero attached hydrogens (tertiary/aromatic N) is 2. The molecule has 24 heavy (non-hydrogen) atoms. The molecule has 2 aliphatic heterocycles. The number of thioether (sulfide) groups is 1. The molecule has 2 heterocycles. The molecule has 2 aliphatic rings. The second-order valence-corrected chi connectivity index (χ2v) is 7.17. The first-order chi connectivity index (χ1) is 11.6. The number of carbonyl (C=O) groups excluding carboxylic acids is 3. The van der Waals surface area contributed by atoms with E-state index in [-0.39, 0.29) is 34.8 Å². The van der Waals surface area contributed by atoms with Crippen LogP contribution >= 0.6 is 11.8 Å². The Balaban J connectivity index is 1.62. The van der Waals surface area contributed by atoms with Crippen LogP contribution in [0.4, 0.5) is 4.79 Å². The normalized spacial score (nSPS) is 20.5. The second-order valence-electron chi connectivity index (χ2n) is 6.25. The van der Waals surface area contributed by atoms with E-state index in [1.807, 2.05) is 42.2 Å². The van der Waals surface area contributed by atoms with E-state index in [4.69, 9.17) is 0 Å². The van der Waals surface area contributed by atoms with Gasteiger partial charge in [-0.2, -0.15) is 0 Å². The van der Waals surface area contributed by atoms with Crippen molar-refractivity contribution in [1.82, 2.24) is 9.80 Å². The molecule has 0 N–H and O–H groups in total. The Morgan fingerprint density at radius 2 is 1.88 bits per heavy atom. The minimum absolute atomic E-state index is 0.0548. The highest BCUT2D eigenvalue weighted by Gasteiger charge is 2.38. The van der Waals surface area contributed by atoms with Gasteiger partial charge in [-0.1, -0.05) is 49.0 Å². The third kappa shape index (κ3) is 3.34. The van der Waals surface area contributed by atoms with Gasteiger partial charge in [-0.25, -0.2) is 0 Å². The van der Waals surface area contributed by atoms with Gasteiger partial charge in [-0.15, -0.1) is 0 Å². The Morgan fingerprint density at radius 1 is 1.21 bits per heavy atom.